The molecule has 148 valence electrons. The van der Waals surface area contributed by atoms with Crippen LogP contribution in [0, 0.1) is 6.92 Å². The number of aromatic nitrogens is 4. The predicted molar refractivity (Wildman–Crippen MR) is 116 cm³/mol. The van der Waals surface area contributed by atoms with E-state index >= 15 is 0 Å². The largest absolute Gasteiger partial charge is 0.378 e. The zero-order chi connectivity index (χ0) is 20.0. The van der Waals surface area contributed by atoms with Crippen LogP contribution < -0.4 is 0 Å². The average Bonchev–Trinajstić information content (AvgIpc) is 3.08. The smallest absolute Gasteiger partial charge is 0.116 e. The third-order valence-corrected chi connectivity index (χ3v) is 5.92. The van der Waals surface area contributed by atoms with Crippen LogP contribution in [0.25, 0.3) is 21.9 Å². The third kappa shape index (κ3) is 3.49. The molecule has 4 heterocycles. The Kier molecular flexibility index (Phi) is 4.72. The summed E-state index contributed by atoms with van der Waals surface area (Å²) in [6, 6.07) is 10.4. The standard InChI is InChI=1S/C23H23ClN4O/c1-14-3-5-17(25-12-14)11-22-27-21-13-26-20-6-4-16(24)10-19(20)23(21)28(22)18-7-8-29-15(2)9-18/h3-6,10,12-13,15,18H,7-9,11H2,1-2H3/t15-,18-/m1/s1. The molecule has 29 heavy (non-hydrogen) atoms. The molecule has 0 unspecified atom stereocenters. The minimum Gasteiger partial charge on any atom is -0.378 e. The van der Waals surface area contributed by atoms with Crippen molar-refractivity contribution in [3.8, 4) is 0 Å². The monoisotopic (exact) mass is 406 g/mol. The van der Waals surface area contributed by atoms with E-state index in [-0.39, 0.29) is 6.10 Å². The Bertz CT molecular complexity index is 1190. The highest BCUT2D eigenvalue weighted by Crippen LogP contribution is 2.34. The van der Waals surface area contributed by atoms with Crippen molar-refractivity contribution in [1.29, 1.82) is 0 Å². The zero-order valence-corrected chi connectivity index (χ0v) is 17.4. The first-order valence-electron chi connectivity index (χ1n) is 10.1. The highest BCUT2D eigenvalue weighted by atomic mass is 35.5. The maximum atomic E-state index is 6.34. The fourth-order valence-electron chi connectivity index (χ4n) is 4.29. The number of nitrogens with zero attached hydrogens (tertiary/aromatic N) is 4. The highest BCUT2D eigenvalue weighted by Gasteiger charge is 2.26. The van der Waals surface area contributed by atoms with Crippen LogP contribution in [0.5, 0.6) is 0 Å². The summed E-state index contributed by atoms with van der Waals surface area (Å²) in [6.45, 7) is 4.96. The van der Waals surface area contributed by atoms with Crippen molar-refractivity contribution in [2.24, 2.45) is 0 Å². The van der Waals surface area contributed by atoms with Gasteiger partial charge in [-0.2, -0.15) is 0 Å². The maximum absolute atomic E-state index is 6.34. The topological polar surface area (TPSA) is 52.8 Å². The van der Waals surface area contributed by atoms with E-state index in [1.807, 2.05) is 30.6 Å². The van der Waals surface area contributed by atoms with Crippen molar-refractivity contribution in [2.45, 2.75) is 45.3 Å². The minimum absolute atomic E-state index is 0.230. The van der Waals surface area contributed by atoms with Gasteiger partial charge in [0.05, 0.1) is 23.3 Å². The minimum atomic E-state index is 0.230. The quantitative estimate of drug-likeness (QED) is 0.465. The van der Waals surface area contributed by atoms with Crippen molar-refractivity contribution >= 4 is 33.5 Å². The summed E-state index contributed by atoms with van der Waals surface area (Å²) in [5.74, 6) is 1.02. The van der Waals surface area contributed by atoms with Crippen LogP contribution in [0.3, 0.4) is 0 Å². The Morgan fingerprint density at radius 1 is 1.14 bits per heavy atom. The van der Waals surface area contributed by atoms with E-state index in [2.05, 4.69) is 40.5 Å². The summed E-state index contributed by atoms with van der Waals surface area (Å²) in [4.78, 5) is 14.2. The first kappa shape index (κ1) is 18.5. The molecule has 0 N–H and O–H groups in total. The summed E-state index contributed by atoms with van der Waals surface area (Å²) < 4.78 is 8.22. The molecule has 5 rings (SSSR count). The van der Waals surface area contributed by atoms with E-state index in [9.17, 15) is 0 Å². The van der Waals surface area contributed by atoms with Crippen LogP contribution in [-0.4, -0.2) is 32.2 Å². The van der Waals surface area contributed by atoms with Gasteiger partial charge in [0.2, 0.25) is 0 Å². The Morgan fingerprint density at radius 2 is 2.03 bits per heavy atom. The molecular weight excluding hydrogens is 384 g/mol. The van der Waals surface area contributed by atoms with Gasteiger partial charge in [0.1, 0.15) is 11.3 Å². The van der Waals surface area contributed by atoms with Crippen LogP contribution >= 0.6 is 11.6 Å². The zero-order valence-electron chi connectivity index (χ0n) is 16.6. The number of aryl methyl sites for hydroxylation is 1. The van der Waals surface area contributed by atoms with Gasteiger partial charge in [-0.3, -0.25) is 9.97 Å². The van der Waals surface area contributed by atoms with Gasteiger partial charge in [0, 0.05) is 41.4 Å². The summed E-state index contributed by atoms with van der Waals surface area (Å²) in [6.07, 6.45) is 6.63. The molecule has 1 aliphatic rings. The van der Waals surface area contributed by atoms with Crippen molar-refractivity contribution in [1.82, 2.24) is 19.5 Å². The first-order chi connectivity index (χ1) is 14.1. The summed E-state index contributed by atoms with van der Waals surface area (Å²) >= 11 is 6.34. The van der Waals surface area contributed by atoms with Crippen molar-refractivity contribution < 1.29 is 4.74 Å². The van der Waals surface area contributed by atoms with E-state index in [0.29, 0.717) is 17.5 Å². The van der Waals surface area contributed by atoms with Gasteiger partial charge in [-0.1, -0.05) is 17.7 Å². The van der Waals surface area contributed by atoms with Crippen molar-refractivity contribution in [3.05, 3.63) is 64.8 Å². The molecule has 0 radical (unpaired) electrons. The van der Waals surface area contributed by atoms with E-state index < -0.39 is 0 Å². The molecule has 3 aromatic heterocycles. The lowest BCUT2D eigenvalue weighted by Gasteiger charge is -2.30. The number of hydrogen-bond donors (Lipinski definition) is 0. The lowest BCUT2D eigenvalue weighted by Crippen LogP contribution is -2.26. The van der Waals surface area contributed by atoms with Gasteiger partial charge < -0.3 is 9.30 Å². The SMILES string of the molecule is Cc1ccc(Cc2nc3cnc4ccc(Cl)cc4c3n2[C@@H]2CCO[C@H](C)C2)nc1. The highest BCUT2D eigenvalue weighted by molar-refractivity contribution is 6.31. The van der Waals surface area contributed by atoms with E-state index in [1.54, 1.807) is 0 Å². The second kappa shape index (κ2) is 7.39. The molecule has 0 aliphatic carbocycles. The second-order valence-electron chi connectivity index (χ2n) is 7.91. The van der Waals surface area contributed by atoms with E-state index in [4.69, 9.17) is 21.3 Å². The molecule has 0 bridgehead atoms. The number of halogens is 1. The molecule has 2 atom stereocenters. The molecule has 0 spiro atoms. The van der Waals surface area contributed by atoms with Crippen LogP contribution in [0.4, 0.5) is 0 Å². The molecule has 1 aromatic carbocycles. The number of fused-ring (bicyclic) bond motifs is 3. The number of imidazole rings is 1. The van der Waals surface area contributed by atoms with Gasteiger partial charge in [-0.25, -0.2) is 4.98 Å². The lowest BCUT2D eigenvalue weighted by atomic mass is 10.0. The summed E-state index contributed by atoms with van der Waals surface area (Å²) in [5.41, 5.74) is 5.12. The molecule has 5 nitrogen and oxygen atoms in total. The van der Waals surface area contributed by atoms with Crippen LogP contribution in [0.2, 0.25) is 5.02 Å². The van der Waals surface area contributed by atoms with Crippen LogP contribution in [0.1, 0.15) is 42.9 Å². The predicted octanol–water partition coefficient (Wildman–Crippen LogP) is 5.27. The maximum Gasteiger partial charge on any atom is 0.116 e. The number of pyridine rings is 2. The van der Waals surface area contributed by atoms with Crippen LogP contribution in [-0.2, 0) is 11.2 Å². The van der Waals surface area contributed by atoms with Crippen LogP contribution in [0.15, 0.2) is 42.7 Å². The Labute approximate surface area is 174 Å². The molecule has 6 heteroatoms. The van der Waals surface area contributed by atoms with Gasteiger partial charge in [0.15, 0.2) is 0 Å². The normalized spacial score (nSPS) is 19.8. The van der Waals surface area contributed by atoms with Gasteiger partial charge in [-0.15, -0.1) is 0 Å². The molecule has 1 saturated heterocycles. The number of ether oxygens (including phenoxy) is 1. The number of benzene rings is 1. The first-order valence-corrected chi connectivity index (χ1v) is 10.4. The van der Waals surface area contributed by atoms with Gasteiger partial charge in [0.25, 0.3) is 0 Å². The fourth-order valence-corrected chi connectivity index (χ4v) is 4.46. The van der Waals surface area contributed by atoms with Crippen molar-refractivity contribution in [2.75, 3.05) is 6.61 Å². The molecule has 1 aliphatic heterocycles. The fraction of sp³-hybridized carbons (Fsp3) is 0.348. The molecule has 0 amide bonds. The average molecular weight is 407 g/mol. The Hall–Kier alpha value is -2.50. The Balaban J connectivity index is 1.72. The van der Waals surface area contributed by atoms with Gasteiger partial charge in [-0.05, 0) is 56.5 Å². The molecule has 4 aromatic rings. The number of rotatable bonds is 3. The molecule has 0 saturated carbocycles. The van der Waals surface area contributed by atoms with Gasteiger partial charge >= 0.3 is 0 Å². The van der Waals surface area contributed by atoms with E-state index in [0.717, 1.165) is 58.5 Å². The van der Waals surface area contributed by atoms with Crippen molar-refractivity contribution in [3.63, 3.8) is 0 Å². The number of hydrogen-bond acceptors (Lipinski definition) is 4. The Morgan fingerprint density at radius 3 is 2.83 bits per heavy atom. The third-order valence-electron chi connectivity index (χ3n) is 5.69. The molecular formula is C23H23ClN4O. The molecule has 1 fully saturated rings. The second-order valence-corrected chi connectivity index (χ2v) is 8.35. The lowest BCUT2D eigenvalue weighted by molar-refractivity contribution is 0.00631. The summed E-state index contributed by atoms with van der Waals surface area (Å²) in [5, 5.41) is 1.76. The van der Waals surface area contributed by atoms with E-state index in [1.165, 1.54) is 0 Å². The summed E-state index contributed by atoms with van der Waals surface area (Å²) in [7, 11) is 0.